The summed E-state index contributed by atoms with van der Waals surface area (Å²) in [7, 11) is -4.67. The first-order valence-corrected chi connectivity index (χ1v) is 8.27. The topological polar surface area (TPSA) is 76.7 Å². The van der Waals surface area contributed by atoms with Gasteiger partial charge in [0.1, 0.15) is 0 Å². The summed E-state index contributed by atoms with van der Waals surface area (Å²) in [6.45, 7) is 4.27. The molecule has 1 rings (SSSR count). The summed E-state index contributed by atoms with van der Waals surface area (Å²) in [6, 6.07) is 7.02. The van der Waals surface area contributed by atoms with Crippen molar-refractivity contribution >= 4 is 27.7 Å². The van der Waals surface area contributed by atoms with Crippen LogP contribution in [-0.4, -0.2) is 13.2 Å². The third-order valence-corrected chi connectivity index (χ3v) is 4.00. The summed E-state index contributed by atoms with van der Waals surface area (Å²) >= 11 is 0. The molecule has 1 aromatic rings. The summed E-state index contributed by atoms with van der Waals surface area (Å²) in [4.78, 5) is 0. The van der Waals surface area contributed by atoms with Gasteiger partial charge < -0.3 is 19.2 Å². The monoisotopic (exact) mass is 292 g/mol. The number of benzene rings is 1. The molecule has 0 radical (unpaired) electrons. The highest BCUT2D eigenvalue weighted by atomic mass is 31.1. The fourth-order valence-electron chi connectivity index (χ4n) is 1.26. The molecule has 0 heterocycles. The molecular weight excluding hydrogens is 274 g/mol. The Balaban J connectivity index is 2.73. The smallest absolute Gasteiger partial charge is 0.282 e. The fraction of sp³-hybridized carbons (Fsp3) is 0.400. The van der Waals surface area contributed by atoms with E-state index >= 15 is 0 Å². The van der Waals surface area contributed by atoms with Gasteiger partial charge in [0.05, 0.1) is 24.6 Å². The molecule has 0 aliphatic rings. The third kappa shape index (κ3) is 5.23. The van der Waals surface area contributed by atoms with Crippen LogP contribution in [0.2, 0.25) is 0 Å². The van der Waals surface area contributed by atoms with Gasteiger partial charge in [-0.15, -0.1) is 0 Å². The molecule has 2 atom stereocenters. The molecule has 0 saturated heterocycles. The van der Waals surface area contributed by atoms with Gasteiger partial charge in [-0.3, -0.25) is 9.13 Å². The van der Waals surface area contributed by atoms with Gasteiger partial charge in [0.2, 0.25) is 0 Å². The predicted octanol–water partition coefficient (Wildman–Crippen LogP) is 3.36. The van der Waals surface area contributed by atoms with Crippen molar-refractivity contribution in [3.05, 3.63) is 24.3 Å². The quantitative estimate of drug-likeness (QED) is 0.715. The van der Waals surface area contributed by atoms with Crippen LogP contribution in [0.25, 0.3) is 0 Å². The second-order valence-electron chi connectivity index (χ2n) is 3.24. The first-order valence-electron chi connectivity index (χ1n) is 5.64. The molecule has 0 saturated carbocycles. The zero-order valence-electron chi connectivity index (χ0n) is 10.4. The molecule has 0 fully saturated rings. The van der Waals surface area contributed by atoms with Crippen LogP contribution in [-0.2, 0) is 18.2 Å². The van der Waals surface area contributed by atoms with Gasteiger partial charge in [-0.1, -0.05) is 12.1 Å². The summed E-state index contributed by atoms with van der Waals surface area (Å²) in [6.07, 6.45) is 0. The molecule has 0 aliphatic carbocycles. The van der Waals surface area contributed by atoms with E-state index in [1.165, 1.54) is 0 Å². The number of hydrogen-bond acceptors (Lipinski definition) is 4. The number of para-hydroxylation sites is 2. The zero-order valence-corrected chi connectivity index (χ0v) is 12.4. The Morgan fingerprint density at radius 2 is 1.33 bits per heavy atom. The molecule has 0 amide bonds. The number of rotatable bonds is 8. The molecule has 1 aromatic carbocycles. The van der Waals surface area contributed by atoms with E-state index in [0.717, 1.165) is 0 Å². The molecule has 6 nitrogen and oxygen atoms in total. The number of nitrogens with one attached hydrogen (secondary N) is 2. The lowest BCUT2D eigenvalue weighted by Gasteiger charge is -2.13. The van der Waals surface area contributed by atoms with E-state index in [2.05, 4.69) is 10.2 Å². The second-order valence-corrected chi connectivity index (χ2v) is 5.46. The van der Waals surface area contributed by atoms with Gasteiger partial charge in [-0.2, -0.15) is 0 Å². The molecule has 8 heteroatoms. The minimum Gasteiger partial charge on any atom is -0.316 e. The Morgan fingerprint density at radius 1 is 0.944 bits per heavy atom. The third-order valence-electron chi connectivity index (χ3n) is 1.95. The molecule has 0 bridgehead atoms. The SMILES string of the molecule is CCO[PH](=O)Nc1ccccc1N[PH](=O)OCC. The minimum atomic E-state index is -2.33. The largest absolute Gasteiger partial charge is 0.316 e. The molecule has 18 heavy (non-hydrogen) atoms. The molecule has 0 aliphatic heterocycles. The molecule has 0 spiro atoms. The molecular formula is C10H18N2O4P2. The fourth-order valence-corrected chi connectivity index (χ4v) is 2.80. The van der Waals surface area contributed by atoms with E-state index in [9.17, 15) is 9.13 Å². The van der Waals surface area contributed by atoms with Crippen LogP contribution in [0.4, 0.5) is 11.4 Å². The van der Waals surface area contributed by atoms with E-state index in [1.54, 1.807) is 38.1 Å². The maximum atomic E-state index is 11.5. The Bertz CT molecular complexity index is 389. The standard InChI is InChI=1S/C10H18N2O4P2/c1-3-15-17(13)11-9-7-5-6-8-10(9)12-18(14)16-4-2/h5-8,17-18H,3-4H2,1-2H3,(H,11,13)(H,12,14). The van der Waals surface area contributed by atoms with Crippen LogP contribution in [0.3, 0.4) is 0 Å². The summed E-state index contributed by atoms with van der Waals surface area (Å²) in [5.74, 6) is 0. The maximum Gasteiger partial charge on any atom is 0.282 e. The average molecular weight is 292 g/mol. The van der Waals surface area contributed by atoms with E-state index in [-0.39, 0.29) is 0 Å². The number of hydrogen-bond donors (Lipinski definition) is 2. The summed E-state index contributed by atoms with van der Waals surface area (Å²) in [5, 5.41) is 5.48. The van der Waals surface area contributed by atoms with Gasteiger partial charge >= 0.3 is 0 Å². The molecule has 102 valence electrons. The van der Waals surface area contributed by atoms with Crippen LogP contribution in [0.5, 0.6) is 0 Å². The van der Waals surface area contributed by atoms with E-state index in [1.807, 2.05) is 0 Å². The number of anilines is 2. The van der Waals surface area contributed by atoms with Gasteiger partial charge in [0.25, 0.3) is 16.4 Å². The lowest BCUT2D eigenvalue weighted by Crippen LogP contribution is -1.96. The van der Waals surface area contributed by atoms with Crippen molar-refractivity contribution in [2.45, 2.75) is 13.8 Å². The normalized spacial score (nSPS) is 13.9. The van der Waals surface area contributed by atoms with Crippen molar-refractivity contribution in [3.63, 3.8) is 0 Å². The van der Waals surface area contributed by atoms with Crippen molar-refractivity contribution in [3.8, 4) is 0 Å². The highest BCUT2D eigenvalue weighted by molar-refractivity contribution is 7.41. The Labute approximate surface area is 108 Å². The minimum absolute atomic E-state index is 0.371. The van der Waals surface area contributed by atoms with Crippen molar-refractivity contribution < 1.29 is 18.2 Å². The molecule has 0 aromatic heterocycles. The summed E-state index contributed by atoms with van der Waals surface area (Å²) in [5.41, 5.74) is 1.15. The second kappa shape index (κ2) is 8.33. The average Bonchev–Trinajstić information content (AvgIpc) is 2.32. The Kier molecular flexibility index (Phi) is 7.06. The first kappa shape index (κ1) is 15.3. The van der Waals surface area contributed by atoms with Crippen molar-refractivity contribution in [2.24, 2.45) is 0 Å². The van der Waals surface area contributed by atoms with Gasteiger partial charge in [-0.05, 0) is 26.0 Å². The Morgan fingerprint density at radius 3 is 1.67 bits per heavy atom. The summed E-state index contributed by atoms with van der Waals surface area (Å²) < 4.78 is 32.9. The van der Waals surface area contributed by atoms with E-state index in [0.29, 0.717) is 24.6 Å². The van der Waals surface area contributed by atoms with Crippen LogP contribution < -0.4 is 10.2 Å². The van der Waals surface area contributed by atoms with Gasteiger partial charge in [-0.25, -0.2) is 0 Å². The van der Waals surface area contributed by atoms with E-state index in [4.69, 9.17) is 9.05 Å². The Hall–Kier alpha value is -0.800. The maximum absolute atomic E-state index is 11.5. The first-order chi connectivity index (χ1) is 8.67. The highest BCUT2D eigenvalue weighted by Gasteiger charge is 2.06. The predicted molar refractivity (Wildman–Crippen MR) is 74.9 cm³/mol. The van der Waals surface area contributed by atoms with Crippen LogP contribution in [0.1, 0.15) is 13.8 Å². The van der Waals surface area contributed by atoms with Crippen LogP contribution in [0, 0.1) is 0 Å². The van der Waals surface area contributed by atoms with Crippen molar-refractivity contribution in [2.75, 3.05) is 23.4 Å². The molecule has 2 unspecified atom stereocenters. The van der Waals surface area contributed by atoms with Crippen molar-refractivity contribution in [1.82, 2.24) is 0 Å². The van der Waals surface area contributed by atoms with Crippen molar-refractivity contribution in [1.29, 1.82) is 0 Å². The highest BCUT2D eigenvalue weighted by Crippen LogP contribution is 2.34. The van der Waals surface area contributed by atoms with Crippen LogP contribution in [0.15, 0.2) is 24.3 Å². The van der Waals surface area contributed by atoms with Gasteiger partial charge in [0, 0.05) is 0 Å². The zero-order chi connectivity index (χ0) is 13.4. The lowest BCUT2D eigenvalue weighted by atomic mass is 10.3. The molecule has 2 N–H and O–H groups in total. The van der Waals surface area contributed by atoms with Crippen LogP contribution >= 0.6 is 16.4 Å². The van der Waals surface area contributed by atoms with Gasteiger partial charge in [0.15, 0.2) is 0 Å². The lowest BCUT2D eigenvalue weighted by molar-refractivity contribution is 0.353. The van der Waals surface area contributed by atoms with E-state index < -0.39 is 16.4 Å².